The van der Waals surface area contributed by atoms with E-state index in [1.54, 1.807) is 31.4 Å². The maximum absolute atomic E-state index is 12.9. The molecule has 0 aromatic heterocycles. The van der Waals surface area contributed by atoms with Crippen LogP contribution < -0.4 is 15.4 Å². The third-order valence-electron chi connectivity index (χ3n) is 4.51. The molecule has 0 spiro atoms. The number of nitrogens with zero attached hydrogens (tertiary/aromatic N) is 1. The van der Waals surface area contributed by atoms with E-state index in [2.05, 4.69) is 15.6 Å². The molecule has 172 valence electrons. The number of amidine groups is 1. The molecule has 1 aliphatic heterocycles. The summed E-state index contributed by atoms with van der Waals surface area (Å²) in [6.07, 6.45) is -0.0708. The molecule has 0 aliphatic carbocycles. The highest BCUT2D eigenvalue weighted by molar-refractivity contribution is 8.15. The van der Waals surface area contributed by atoms with E-state index in [1.165, 1.54) is 32.4 Å². The summed E-state index contributed by atoms with van der Waals surface area (Å²) in [5, 5.41) is 4.78. The first-order valence-electron chi connectivity index (χ1n) is 9.64. The molecule has 2 aromatic rings. The second-order valence-electron chi connectivity index (χ2n) is 6.75. The smallest absolute Gasteiger partial charge is 0.337 e. The van der Waals surface area contributed by atoms with Crippen LogP contribution in [0.5, 0.6) is 5.75 Å². The van der Waals surface area contributed by atoms with Gasteiger partial charge in [-0.1, -0.05) is 11.8 Å². The monoisotopic (exact) mass is 471 g/mol. The van der Waals surface area contributed by atoms with E-state index in [0.29, 0.717) is 11.4 Å². The second-order valence-corrected chi connectivity index (χ2v) is 7.94. The van der Waals surface area contributed by atoms with Crippen molar-refractivity contribution in [2.75, 3.05) is 26.6 Å². The average Bonchev–Trinajstić information content (AvgIpc) is 2.82. The Bertz CT molecular complexity index is 1080. The maximum atomic E-state index is 12.9. The predicted molar refractivity (Wildman–Crippen MR) is 122 cm³/mol. The van der Waals surface area contributed by atoms with Crippen molar-refractivity contribution in [1.82, 2.24) is 5.32 Å². The molecule has 0 saturated carbocycles. The van der Waals surface area contributed by atoms with Gasteiger partial charge in [0.05, 0.1) is 38.1 Å². The number of nitrogens with one attached hydrogen (secondary N) is 2. The number of anilines is 1. The Hall–Kier alpha value is -3.86. The molecule has 11 heteroatoms. The quantitative estimate of drug-likeness (QED) is 0.614. The predicted octanol–water partition coefficient (Wildman–Crippen LogP) is 2.52. The van der Waals surface area contributed by atoms with Crippen molar-refractivity contribution in [1.29, 1.82) is 0 Å². The van der Waals surface area contributed by atoms with Crippen LogP contribution in [-0.2, 0) is 19.1 Å². The van der Waals surface area contributed by atoms with Crippen LogP contribution in [-0.4, -0.2) is 55.5 Å². The van der Waals surface area contributed by atoms with Crippen LogP contribution in [0.15, 0.2) is 47.5 Å². The standard InChI is InChI=1S/C22H21N3O7S/c1-30-16-6-4-14(5-7-16)24-22-25-18(26)11-17(33-22)19(27)23-15-9-12(20(28)31-2)8-13(10-15)21(29)32-3/h4-10,17H,11H2,1-3H3,(H,23,27)(H,24,25,26). The molecule has 2 amide bonds. The Labute approximate surface area is 193 Å². The number of hydrogen-bond donors (Lipinski definition) is 2. The largest absolute Gasteiger partial charge is 0.497 e. The molecule has 1 atom stereocenters. The van der Waals surface area contributed by atoms with Crippen molar-refractivity contribution in [3.8, 4) is 5.75 Å². The Morgan fingerprint density at radius 3 is 2.15 bits per heavy atom. The summed E-state index contributed by atoms with van der Waals surface area (Å²) in [7, 11) is 3.95. The third kappa shape index (κ3) is 6.10. The molecule has 1 aliphatic rings. The van der Waals surface area contributed by atoms with E-state index in [-0.39, 0.29) is 34.3 Å². The Morgan fingerprint density at radius 2 is 1.61 bits per heavy atom. The van der Waals surface area contributed by atoms with Gasteiger partial charge in [-0.05, 0) is 42.5 Å². The van der Waals surface area contributed by atoms with E-state index < -0.39 is 23.1 Å². The minimum Gasteiger partial charge on any atom is -0.497 e. The molecular formula is C22H21N3O7S. The van der Waals surface area contributed by atoms with Crippen molar-refractivity contribution >= 4 is 52.1 Å². The second kappa shape index (κ2) is 10.6. The van der Waals surface area contributed by atoms with Gasteiger partial charge in [-0.15, -0.1) is 0 Å². The minimum atomic E-state index is -0.779. The number of carbonyl (C=O) groups is 4. The molecule has 0 radical (unpaired) electrons. The average molecular weight is 471 g/mol. The van der Waals surface area contributed by atoms with Gasteiger partial charge in [-0.25, -0.2) is 14.6 Å². The number of ether oxygens (including phenoxy) is 3. The van der Waals surface area contributed by atoms with Crippen LogP contribution in [0, 0.1) is 0 Å². The Morgan fingerprint density at radius 1 is 1.00 bits per heavy atom. The van der Waals surface area contributed by atoms with Gasteiger partial charge in [-0.3, -0.25) is 9.59 Å². The topological polar surface area (TPSA) is 132 Å². The van der Waals surface area contributed by atoms with Crippen LogP contribution in [0.25, 0.3) is 0 Å². The molecule has 1 fully saturated rings. The van der Waals surface area contributed by atoms with Gasteiger partial charge in [-0.2, -0.15) is 0 Å². The van der Waals surface area contributed by atoms with E-state index in [4.69, 9.17) is 14.2 Å². The van der Waals surface area contributed by atoms with Crippen molar-refractivity contribution < 1.29 is 33.4 Å². The lowest BCUT2D eigenvalue weighted by Crippen LogP contribution is -2.41. The first-order valence-corrected chi connectivity index (χ1v) is 10.5. The Balaban J connectivity index is 1.79. The number of hydrogen-bond acceptors (Lipinski definition) is 9. The molecule has 2 aromatic carbocycles. The van der Waals surface area contributed by atoms with Gasteiger partial charge in [0.1, 0.15) is 11.0 Å². The van der Waals surface area contributed by atoms with Gasteiger partial charge >= 0.3 is 11.9 Å². The van der Waals surface area contributed by atoms with Gasteiger partial charge in [0.15, 0.2) is 5.17 Å². The normalized spacial score (nSPS) is 16.5. The van der Waals surface area contributed by atoms with Crippen molar-refractivity contribution in [3.63, 3.8) is 0 Å². The van der Waals surface area contributed by atoms with E-state index in [9.17, 15) is 19.2 Å². The number of methoxy groups -OCH3 is 3. The molecule has 1 saturated heterocycles. The van der Waals surface area contributed by atoms with Gasteiger partial charge in [0.25, 0.3) is 0 Å². The number of aliphatic imine (C=N–C) groups is 1. The summed E-state index contributed by atoms with van der Waals surface area (Å²) < 4.78 is 14.5. The van der Waals surface area contributed by atoms with Crippen molar-refractivity contribution in [3.05, 3.63) is 53.6 Å². The zero-order valence-electron chi connectivity index (χ0n) is 18.0. The van der Waals surface area contributed by atoms with Crippen LogP contribution >= 0.6 is 11.8 Å². The van der Waals surface area contributed by atoms with Crippen LogP contribution in [0.2, 0.25) is 0 Å². The molecule has 0 bridgehead atoms. The lowest BCUT2D eigenvalue weighted by molar-refractivity contribution is -0.123. The zero-order chi connectivity index (χ0) is 24.0. The van der Waals surface area contributed by atoms with Crippen molar-refractivity contribution in [2.24, 2.45) is 4.99 Å². The van der Waals surface area contributed by atoms with E-state index >= 15 is 0 Å². The first-order chi connectivity index (χ1) is 15.8. The summed E-state index contributed by atoms with van der Waals surface area (Å²) >= 11 is 1.09. The highest BCUT2D eigenvalue weighted by Crippen LogP contribution is 2.26. The van der Waals surface area contributed by atoms with E-state index in [1.807, 2.05) is 0 Å². The summed E-state index contributed by atoms with van der Waals surface area (Å²) in [6, 6.07) is 10.9. The number of esters is 2. The van der Waals surface area contributed by atoms with Crippen LogP contribution in [0.3, 0.4) is 0 Å². The third-order valence-corrected chi connectivity index (χ3v) is 5.59. The zero-order valence-corrected chi connectivity index (χ0v) is 18.9. The highest BCUT2D eigenvalue weighted by Gasteiger charge is 2.30. The lowest BCUT2D eigenvalue weighted by Gasteiger charge is -2.22. The Kier molecular flexibility index (Phi) is 7.67. The van der Waals surface area contributed by atoms with Gasteiger partial charge in [0, 0.05) is 12.1 Å². The summed E-state index contributed by atoms with van der Waals surface area (Å²) in [6.45, 7) is 0. The molecule has 2 N–H and O–H groups in total. The fraction of sp³-hybridized carbons (Fsp3) is 0.227. The molecule has 33 heavy (non-hydrogen) atoms. The number of amides is 2. The van der Waals surface area contributed by atoms with Crippen LogP contribution in [0.1, 0.15) is 27.1 Å². The maximum Gasteiger partial charge on any atom is 0.337 e. The van der Waals surface area contributed by atoms with Gasteiger partial charge in [0.2, 0.25) is 11.8 Å². The van der Waals surface area contributed by atoms with Gasteiger partial charge < -0.3 is 24.8 Å². The molecule has 1 heterocycles. The fourth-order valence-electron chi connectivity index (χ4n) is 2.91. The first kappa shape index (κ1) is 23.8. The lowest BCUT2D eigenvalue weighted by atomic mass is 10.1. The number of benzene rings is 2. The summed E-state index contributed by atoms with van der Waals surface area (Å²) in [4.78, 5) is 53.3. The molecule has 1 unspecified atom stereocenters. The van der Waals surface area contributed by atoms with E-state index in [0.717, 1.165) is 11.8 Å². The molecular weight excluding hydrogens is 450 g/mol. The van der Waals surface area contributed by atoms with Crippen molar-refractivity contribution in [2.45, 2.75) is 11.7 Å². The number of thioether (sulfide) groups is 1. The number of rotatable bonds is 6. The van der Waals surface area contributed by atoms with Crippen LogP contribution in [0.4, 0.5) is 11.4 Å². The fourth-order valence-corrected chi connectivity index (χ4v) is 3.91. The summed E-state index contributed by atoms with van der Waals surface area (Å²) in [5.41, 5.74) is 0.884. The highest BCUT2D eigenvalue weighted by atomic mass is 32.2. The minimum absolute atomic E-state index is 0.0616. The molecule has 10 nitrogen and oxygen atoms in total. The summed E-state index contributed by atoms with van der Waals surface area (Å²) in [5.74, 6) is -1.56. The molecule has 3 rings (SSSR count). The SMILES string of the molecule is COC(=O)c1cc(NC(=O)C2CC(=O)NC(=Nc3ccc(OC)cc3)S2)cc(C(=O)OC)c1. The number of carbonyl (C=O) groups excluding carboxylic acids is 4.